The van der Waals surface area contributed by atoms with E-state index in [9.17, 15) is 14.4 Å². The molecule has 1 atom stereocenters. The lowest BCUT2D eigenvalue weighted by atomic mass is 10.0. The van der Waals surface area contributed by atoms with Crippen LogP contribution in [0.3, 0.4) is 0 Å². The number of carbonyl (C=O) groups excluding carboxylic acids is 3. The van der Waals surface area contributed by atoms with Gasteiger partial charge in [0.25, 0.3) is 5.91 Å². The third-order valence-electron chi connectivity index (χ3n) is 8.55. The van der Waals surface area contributed by atoms with Crippen LogP contribution in [0, 0.1) is 12.3 Å². The van der Waals surface area contributed by atoms with Crippen molar-refractivity contribution >= 4 is 35.3 Å². The van der Waals surface area contributed by atoms with E-state index in [0.717, 1.165) is 26.9 Å². The quantitative estimate of drug-likeness (QED) is 0.0438. The largest absolute Gasteiger partial charge is 0.497 e. The van der Waals surface area contributed by atoms with Crippen molar-refractivity contribution in [3.05, 3.63) is 124 Å². The number of ether oxygens (including phenoxy) is 4. The molecule has 12 heteroatoms. The van der Waals surface area contributed by atoms with Crippen LogP contribution in [0.5, 0.6) is 11.5 Å². The normalized spacial score (nSPS) is 16.9. The Hall–Kier alpha value is -5.17. The molecular weight excluding hydrogens is 705 g/mol. The number of carbonyl (C=O) groups is 3. The fraction of sp³-hybridized carbons (Fsp3) is 0.333. The van der Waals surface area contributed by atoms with Gasteiger partial charge >= 0.3 is 0 Å². The van der Waals surface area contributed by atoms with Gasteiger partial charge in [0.15, 0.2) is 0 Å². The average Bonchev–Trinajstić information content (AvgIpc) is 3.42. The highest BCUT2D eigenvalue weighted by molar-refractivity contribution is 8.03. The van der Waals surface area contributed by atoms with Crippen LogP contribution in [-0.2, 0) is 19.1 Å². The molecular formula is C42H50N4O7S. The highest BCUT2D eigenvalue weighted by Gasteiger charge is 2.42. The first kappa shape index (κ1) is 41.6. The first-order valence-corrected chi connectivity index (χ1v) is 18.8. The second-order valence-electron chi connectivity index (χ2n) is 12.2. The molecule has 0 saturated carbocycles. The highest BCUT2D eigenvalue weighted by atomic mass is 32.2. The van der Waals surface area contributed by atoms with E-state index >= 15 is 0 Å². The average molecular weight is 755 g/mol. The van der Waals surface area contributed by atoms with Crippen LogP contribution in [0.2, 0.25) is 0 Å². The van der Waals surface area contributed by atoms with Gasteiger partial charge in [0.05, 0.1) is 25.9 Å². The van der Waals surface area contributed by atoms with E-state index in [1.807, 2.05) is 63.3 Å². The molecule has 1 fully saturated rings. The fourth-order valence-electron chi connectivity index (χ4n) is 5.52. The molecule has 2 aliphatic rings. The van der Waals surface area contributed by atoms with E-state index < -0.39 is 17.9 Å². The SMILES string of the molecule is C/C=C(\C=C/C(=C\C)OCCNCCOCCOc1ccc2c(c1)C(=O)N(C1CCC(=O)NC1=O)C2=N)/C=C/C=C/C(=C/C)Sc1cc(OC)ccc1C. The van der Waals surface area contributed by atoms with Crippen molar-refractivity contribution in [2.75, 3.05) is 46.6 Å². The summed E-state index contributed by atoms with van der Waals surface area (Å²) in [6.07, 6.45) is 18.6. The summed E-state index contributed by atoms with van der Waals surface area (Å²) in [6.45, 7) is 11.0. The zero-order valence-corrected chi connectivity index (χ0v) is 32.4. The van der Waals surface area contributed by atoms with E-state index in [1.165, 1.54) is 10.5 Å². The Kier molecular flexibility index (Phi) is 16.6. The van der Waals surface area contributed by atoms with Crippen molar-refractivity contribution in [3.8, 4) is 11.5 Å². The number of hydrogen-bond acceptors (Lipinski definition) is 10. The van der Waals surface area contributed by atoms with Crippen molar-refractivity contribution in [2.24, 2.45) is 0 Å². The molecule has 286 valence electrons. The third kappa shape index (κ3) is 11.9. The van der Waals surface area contributed by atoms with Crippen LogP contribution in [0.15, 0.2) is 112 Å². The molecule has 1 unspecified atom stereocenters. The second kappa shape index (κ2) is 21.5. The van der Waals surface area contributed by atoms with Crippen LogP contribution in [0.25, 0.3) is 0 Å². The molecule has 0 bridgehead atoms. The number of amides is 3. The summed E-state index contributed by atoms with van der Waals surface area (Å²) in [4.78, 5) is 40.4. The maximum absolute atomic E-state index is 13.1. The number of hydrogen-bond donors (Lipinski definition) is 3. The summed E-state index contributed by atoms with van der Waals surface area (Å²) in [5.74, 6) is 0.653. The zero-order valence-electron chi connectivity index (χ0n) is 31.6. The predicted molar refractivity (Wildman–Crippen MR) is 213 cm³/mol. The number of aryl methyl sites for hydroxylation is 1. The number of rotatable bonds is 20. The minimum absolute atomic E-state index is 0.0544. The van der Waals surface area contributed by atoms with Gasteiger partial charge in [-0.3, -0.25) is 30.0 Å². The Labute approximate surface area is 322 Å². The maximum atomic E-state index is 13.1. The van der Waals surface area contributed by atoms with Crippen LogP contribution in [0.1, 0.15) is 55.1 Å². The summed E-state index contributed by atoms with van der Waals surface area (Å²) in [5, 5.41) is 14.0. The molecule has 2 aromatic carbocycles. The van der Waals surface area contributed by atoms with Gasteiger partial charge in [0.2, 0.25) is 11.8 Å². The van der Waals surface area contributed by atoms with Gasteiger partial charge in [-0.1, -0.05) is 54.3 Å². The molecule has 4 rings (SSSR count). The fourth-order valence-corrected chi connectivity index (χ4v) is 6.44. The Morgan fingerprint density at radius 3 is 2.43 bits per heavy atom. The number of thioether (sulfide) groups is 1. The van der Waals surface area contributed by atoms with E-state index in [1.54, 1.807) is 37.1 Å². The Bertz CT molecular complexity index is 1860. The topological polar surface area (TPSA) is 139 Å². The van der Waals surface area contributed by atoms with Crippen molar-refractivity contribution in [2.45, 2.75) is 51.5 Å². The van der Waals surface area contributed by atoms with E-state index in [4.69, 9.17) is 24.4 Å². The highest BCUT2D eigenvalue weighted by Crippen LogP contribution is 2.33. The standard InChI is InChI=1S/C42H50N4O7S/c1-6-30(11-9-10-12-34(8-3)54-38-28-32(50-5)15-13-29(38)4)14-16-31(7-2)52-24-22-44-21-23-51-25-26-53-33-17-18-35-36(27-33)42(49)46(40(35)43)37-19-20-39(47)45-41(37)48/h6-18,27-28,37,43-44H,19-26H2,1-5H3,(H,45,47,48)/b11-9+,12-10+,16-14-,30-6-,31-7+,34-8-,43-40?. The Balaban J connectivity index is 1.09. The molecule has 0 spiro atoms. The summed E-state index contributed by atoms with van der Waals surface area (Å²) >= 11 is 1.71. The zero-order chi connectivity index (χ0) is 38.9. The molecule has 2 aliphatic heterocycles. The van der Waals surface area contributed by atoms with Gasteiger partial charge in [0, 0.05) is 34.9 Å². The molecule has 11 nitrogen and oxygen atoms in total. The summed E-state index contributed by atoms with van der Waals surface area (Å²) in [6, 6.07) is 10.1. The van der Waals surface area contributed by atoms with Gasteiger partial charge in [-0.05, 0) is 93.8 Å². The van der Waals surface area contributed by atoms with Crippen molar-refractivity contribution in [1.29, 1.82) is 5.41 Å². The predicted octanol–water partition coefficient (Wildman–Crippen LogP) is 6.81. The number of fused-ring (bicyclic) bond motifs is 1. The number of piperidine rings is 1. The lowest BCUT2D eigenvalue weighted by Gasteiger charge is -2.29. The molecule has 1 saturated heterocycles. The Morgan fingerprint density at radius 1 is 0.907 bits per heavy atom. The summed E-state index contributed by atoms with van der Waals surface area (Å²) in [5.41, 5.74) is 2.99. The lowest BCUT2D eigenvalue weighted by Crippen LogP contribution is -2.54. The second-order valence-corrected chi connectivity index (χ2v) is 13.3. The molecule has 0 aliphatic carbocycles. The van der Waals surface area contributed by atoms with Gasteiger partial charge in [0.1, 0.15) is 42.3 Å². The van der Waals surface area contributed by atoms with Crippen molar-refractivity contribution in [1.82, 2.24) is 15.5 Å². The number of allylic oxidation sites excluding steroid dienone is 10. The number of nitrogens with one attached hydrogen (secondary N) is 3. The molecule has 0 aromatic heterocycles. The van der Waals surface area contributed by atoms with E-state index in [2.05, 4.69) is 47.9 Å². The van der Waals surface area contributed by atoms with Crippen molar-refractivity contribution in [3.63, 3.8) is 0 Å². The number of imide groups is 1. The maximum Gasteiger partial charge on any atom is 0.261 e. The van der Waals surface area contributed by atoms with Crippen LogP contribution < -0.4 is 20.1 Å². The number of methoxy groups -OCH3 is 1. The van der Waals surface area contributed by atoms with Gasteiger partial charge < -0.3 is 24.3 Å². The molecule has 0 radical (unpaired) electrons. The van der Waals surface area contributed by atoms with Gasteiger partial charge in [-0.25, -0.2) is 0 Å². The first-order valence-electron chi connectivity index (χ1n) is 18.0. The molecule has 54 heavy (non-hydrogen) atoms. The van der Waals surface area contributed by atoms with Crippen LogP contribution >= 0.6 is 11.8 Å². The summed E-state index contributed by atoms with van der Waals surface area (Å²) < 4.78 is 22.7. The van der Waals surface area contributed by atoms with Crippen LogP contribution in [-0.4, -0.2) is 81.1 Å². The lowest BCUT2D eigenvalue weighted by molar-refractivity contribution is -0.135. The molecule has 2 heterocycles. The number of amidine groups is 1. The van der Waals surface area contributed by atoms with Crippen molar-refractivity contribution < 1.29 is 33.3 Å². The monoisotopic (exact) mass is 754 g/mol. The number of nitrogens with zero attached hydrogens (tertiary/aromatic N) is 1. The minimum Gasteiger partial charge on any atom is -0.497 e. The molecule has 3 N–H and O–H groups in total. The van der Waals surface area contributed by atoms with Gasteiger partial charge in [-0.15, -0.1) is 0 Å². The molecule has 2 aromatic rings. The Morgan fingerprint density at radius 2 is 1.69 bits per heavy atom. The van der Waals surface area contributed by atoms with Gasteiger partial charge in [-0.2, -0.15) is 0 Å². The minimum atomic E-state index is -0.883. The van der Waals surface area contributed by atoms with Crippen LogP contribution in [0.4, 0.5) is 0 Å². The number of benzene rings is 2. The first-order chi connectivity index (χ1) is 26.2. The smallest absolute Gasteiger partial charge is 0.261 e. The van der Waals surface area contributed by atoms with E-state index in [0.29, 0.717) is 49.8 Å². The molecule has 3 amide bonds. The third-order valence-corrected chi connectivity index (χ3v) is 9.82. The summed E-state index contributed by atoms with van der Waals surface area (Å²) in [7, 11) is 1.68. The van der Waals surface area contributed by atoms with E-state index in [-0.39, 0.29) is 31.2 Å².